The van der Waals surface area contributed by atoms with Gasteiger partial charge in [0.1, 0.15) is 5.78 Å². The first-order chi connectivity index (χ1) is 6.24. The number of carbonyl (C=O) groups is 1. The maximum atomic E-state index is 11.0. The van der Waals surface area contributed by atoms with Crippen LogP contribution >= 0.6 is 0 Å². The summed E-state index contributed by atoms with van der Waals surface area (Å²) in [6.07, 6.45) is 10.1. The van der Waals surface area contributed by atoms with Gasteiger partial charge in [0.25, 0.3) is 0 Å². The average Bonchev–Trinajstić information content (AvgIpc) is 2.15. The van der Waals surface area contributed by atoms with Crippen LogP contribution in [0, 0.1) is 11.8 Å². The Morgan fingerprint density at radius 2 is 2.31 bits per heavy atom. The van der Waals surface area contributed by atoms with Crippen molar-refractivity contribution in [2.45, 2.75) is 46.0 Å². The predicted molar refractivity (Wildman–Crippen MR) is 55.6 cm³/mol. The molecule has 1 aliphatic carbocycles. The van der Waals surface area contributed by atoms with Crippen molar-refractivity contribution in [2.24, 2.45) is 11.8 Å². The van der Waals surface area contributed by atoms with E-state index in [4.69, 9.17) is 0 Å². The number of hydrogen-bond acceptors (Lipinski definition) is 1. The van der Waals surface area contributed by atoms with E-state index in [2.05, 4.69) is 19.1 Å². The second kappa shape index (κ2) is 5.21. The second-order valence-corrected chi connectivity index (χ2v) is 4.12. The highest BCUT2D eigenvalue weighted by Crippen LogP contribution is 2.30. The van der Waals surface area contributed by atoms with E-state index in [0.717, 1.165) is 18.8 Å². The summed E-state index contributed by atoms with van der Waals surface area (Å²) < 4.78 is 0. The molecule has 0 fully saturated rings. The second-order valence-electron chi connectivity index (χ2n) is 4.12. The summed E-state index contributed by atoms with van der Waals surface area (Å²) in [5.74, 6) is 1.74. The molecule has 0 aromatic heterocycles. The van der Waals surface area contributed by atoms with Crippen LogP contribution in [0.4, 0.5) is 0 Å². The van der Waals surface area contributed by atoms with Crippen molar-refractivity contribution in [3.8, 4) is 0 Å². The van der Waals surface area contributed by atoms with Crippen LogP contribution in [-0.2, 0) is 4.79 Å². The van der Waals surface area contributed by atoms with Crippen LogP contribution in [0.25, 0.3) is 0 Å². The molecule has 0 saturated heterocycles. The van der Waals surface area contributed by atoms with Crippen molar-refractivity contribution in [1.29, 1.82) is 0 Å². The summed E-state index contributed by atoms with van der Waals surface area (Å²) >= 11 is 0. The van der Waals surface area contributed by atoms with Gasteiger partial charge in [-0.05, 0) is 38.0 Å². The lowest BCUT2D eigenvalue weighted by Crippen LogP contribution is -2.17. The summed E-state index contributed by atoms with van der Waals surface area (Å²) in [4.78, 5) is 11.0. The summed E-state index contributed by atoms with van der Waals surface area (Å²) in [5.41, 5.74) is 0. The van der Waals surface area contributed by atoms with Crippen molar-refractivity contribution in [3.05, 3.63) is 12.2 Å². The van der Waals surface area contributed by atoms with E-state index < -0.39 is 0 Å². The van der Waals surface area contributed by atoms with Crippen molar-refractivity contribution in [1.82, 2.24) is 0 Å². The van der Waals surface area contributed by atoms with Gasteiger partial charge in [-0.2, -0.15) is 0 Å². The SMILES string of the molecule is CCC(CC(C)=O)C1CC=CCC1. The highest BCUT2D eigenvalue weighted by molar-refractivity contribution is 5.75. The first kappa shape index (κ1) is 10.5. The Morgan fingerprint density at radius 3 is 2.77 bits per heavy atom. The number of Topliss-reactive ketones (excluding diaryl/α,β-unsaturated/α-hetero) is 1. The number of ketones is 1. The number of hydrogen-bond donors (Lipinski definition) is 0. The third-order valence-electron chi connectivity index (χ3n) is 3.05. The highest BCUT2D eigenvalue weighted by Gasteiger charge is 2.21. The van der Waals surface area contributed by atoms with Crippen LogP contribution in [0.5, 0.6) is 0 Å². The summed E-state index contributed by atoms with van der Waals surface area (Å²) in [6.45, 7) is 3.91. The molecule has 1 heteroatoms. The molecule has 0 radical (unpaired) electrons. The van der Waals surface area contributed by atoms with Gasteiger partial charge in [0.2, 0.25) is 0 Å². The summed E-state index contributed by atoms with van der Waals surface area (Å²) in [7, 11) is 0. The monoisotopic (exact) mass is 180 g/mol. The minimum absolute atomic E-state index is 0.349. The zero-order valence-corrected chi connectivity index (χ0v) is 8.75. The molecule has 0 heterocycles. The van der Waals surface area contributed by atoms with E-state index >= 15 is 0 Å². The number of allylic oxidation sites excluding steroid dienone is 2. The van der Waals surface area contributed by atoms with Crippen LogP contribution in [0.3, 0.4) is 0 Å². The lowest BCUT2D eigenvalue weighted by Gasteiger charge is -2.26. The van der Waals surface area contributed by atoms with Gasteiger partial charge in [0.15, 0.2) is 0 Å². The molecule has 0 saturated carbocycles. The van der Waals surface area contributed by atoms with Crippen LogP contribution in [-0.4, -0.2) is 5.78 Å². The Kier molecular flexibility index (Phi) is 4.20. The summed E-state index contributed by atoms with van der Waals surface area (Å²) in [6, 6.07) is 0. The van der Waals surface area contributed by atoms with E-state index in [0.29, 0.717) is 11.7 Å². The van der Waals surface area contributed by atoms with Crippen molar-refractivity contribution < 1.29 is 4.79 Å². The zero-order chi connectivity index (χ0) is 9.68. The Bertz CT molecular complexity index is 193. The molecule has 0 bridgehead atoms. The molecule has 0 N–H and O–H groups in total. The van der Waals surface area contributed by atoms with Gasteiger partial charge in [-0.3, -0.25) is 0 Å². The Balaban J connectivity index is 2.45. The molecule has 0 aromatic rings. The van der Waals surface area contributed by atoms with Gasteiger partial charge >= 0.3 is 0 Å². The molecule has 1 nitrogen and oxygen atoms in total. The Hall–Kier alpha value is -0.590. The third kappa shape index (κ3) is 3.33. The Labute approximate surface area is 81.2 Å². The normalized spacial score (nSPS) is 24.3. The molecule has 2 atom stereocenters. The summed E-state index contributed by atoms with van der Waals surface area (Å²) in [5, 5.41) is 0. The lowest BCUT2D eigenvalue weighted by molar-refractivity contribution is -0.118. The molecule has 0 aliphatic heterocycles. The highest BCUT2D eigenvalue weighted by atomic mass is 16.1. The van der Waals surface area contributed by atoms with Crippen LogP contribution in [0.15, 0.2) is 12.2 Å². The molecule has 1 aliphatic rings. The molecule has 74 valence electrons. The van der Waals surface area contributed by atoms with E-state index in [1.807, 2.05) is 0 Å². The maximum Gasteiger partial charge on any atom is 0.130 e. The fourth-order valence-electron chi connectivity index (χ4n) is 2.26. The fourth-order valence-corrected chi connectivity index (χ4v) is 2.26. The largest absolute Gasteiger partial charge is 0.300 e. The van der Waals surface area contributed by atoms with Crippen molar-refractivity contribution in [2.75, 3.05) is 0 Å². The Morgan fingerprint density at radius 1 is 1.54 bits per heavy atom. The maximum absolute atomic E-state index is 11.0. The molecule has 0 aromatic carbocycles. The number of carbonyl (C=O) groups excluding carboxylic acids is 1. The van der Waals surface area contributed by atoms with Crippen LogP contribution < -0.4 is 0 Å². The van der Waals surface area contributed by atoms with Gasteiger partial charge in [-0.15, -0.1) is 0 Å². The van der Waals surface area contributed by atoms with E-state index in [1.165, 1.54) is 19.3 Å². The van der Waals surface area contributed by atoms with E-state index in [-0.39, 0.29) is 0 Å². The van der Waals surface area contributed by atoms with Gasteiger partial charge in [-0.25, -0.2) is 0 Å². The first-order valence-electron chi connectivity index (χ1n) is 5.38. The molecular formula is C12H20O. The molecule has 2 unspecified atom stereocenters. The number of rotatable bonds is 4. The van der Waals surface area contributed by atoms with Crippen LogP contribution in [0.2, 0.25) is 0 Å². The average molecular weight is 180 g/mol. The molecule has 1 rings (SSSR count). The van der Waals surface area contributed by atoms with Gasteiger partial charge < -0.3 is 4.79 Å². The third-order valence-corrected chi connectivity index (χ3v) is 3.05. The zero-order valence-electron chi connectivity index (χ0n) is 8.75. The van der Waals surface area contributed by atoms with Gasteiger partial charge in [-0.1, -0.05) is 25.5 Å². The minimum atomic E-state index is 0.349. The van der Waals surface area contributed by atoms with E-state index in [9.17, 15) is 4.79 Å². The lowest BCUT2D eigenvalue weighted by atomic mass is 9.79. The quantitative estimate of drug-likeness (QED) is 0.606. The smallest absolute Gasteiger partial charge is 0.130 e. The van der Waals surface area contributed by atoms with Gasteiger partial charge in [0.05, 0.1) is 0 Å². The van der Waals surface area contributed by atoms with Crippen molar-refractivity contribution >= 4 is 5.78 Å². The topological polar surface area (TPSA) is 17.1 Å². The predicted octanol–water partition coefficient (Wildman–Crippen LogP) is 3.35. The van der Waals surface area contributed by atoms with Gasteiger partial charge in [0, 0.05) is 6.42 Å². The molecule has 0 spiro atoms. The fraction of sp³-hybridized carbons (Fsp3) is 0.750. The molecule has 0 amide bonds. The van der Waals surface area contributed by atoms with Crippen LogP contribution in [0.1, 0.15) is 46.0 Å². The molecular weight excluding hydrogens is 160 g/mol. The van der Waals surface area contributed by atoms with Crippen molar-refractivity contribution in [3.63, 3.8) is 0 Å². The molecule has 13 heavy (non-hydrogen) atoms. The standard InChI is InChI=1S/C12H20O/c1-3-11(9-10(2)13)12-7-5-4-6-8-12/h4-5,11-12H,3,6-9H2,1-2H3. The first-order valence-corrected chi connectivity index (χ1v) is 5.38. The van der Waals surface area contributed by atoms with E-state index in [1.54, 1.807) is 6.92 Å². The minimum Gasteiger partial charge on any atom is -0.300 e.